The van der Waals surface area contributed by atoms with Crippen molar-refractivity contribution < 1.29 is 9.90 Å². The lowest BCUT2D eigenvalue weighted by molar-refractivity contribution is -0.121. The first-order valence-electron chi connectivity index (χ1n) is 6.54. The number of benzene rings is 1. The van der Waals surface area contributed by atoms with Crippen molar-refractivity contribution in [1.29, 1.82) is 0 Å². The summed E-state index contributed by atoms with van der Waals surface area (Å²) in [4.78, 5) is 11.3. The second kappa shape index (κ2) is 9.07. The van der Waals surface area contributed by atoms with E-state index in [2.05, 4.69) is 26.6 Å². The summed E-state index contributed by atoms with van der Waals surface area (Å²) in [6.45, 7) is 3.75. The number of halogens is 1. The third-order valence-corrected chi connectivity index (χ3v) is 3.17. The molecule has 1 unspecified atom stereocenters. The van der Waals surface area contributed by atoms with Crippen LogP contribution in [0.25, 0.3) is 0 Å². The fourth-order valence-electron chi connectivity index (χ4n) is 1.63. The van der Waals surface area contributed by atoms with E-state index >= 15 is 0 Å². The highest BCUT2D eigenvalue weighted by Gasteiger charge is 2.07. The van der Waals surface area contributed by atoms with Crippen LogP contribution in [-0.4, -0.2) is 30.6 Å². The number of carbonyl (C=O) groups is 1. The molecule has 5 heteroatoms. The van der Waals surface area contributed by atoms with Gasteiger partial charge in [0.25, 0.3) is 0 Å². The Kier molecular flexibility index (Phi) is 7.70. The third kappa shape index (κ3) is 6.71. The molecule has 0 aliphatic carbocycles. The zero-order valence-corrected chi connectivity index (χ0v) is 12.7. The molecule has 0 aromatic heterocycles. The smallest absolute Gasteiger partial charge is 0.221 e. The van der Waals surface area contributed by atoms with E-state index in [-0.39, 0.29) is 5.91 Å². The van der Waals surface area contributed by atoms with Gasteiger partial charge >= 0.3 is 0 Å². The van der Waals surface area contributed by atoms with E-state index in [4.69, 9.17) is 0 Å². The number of rotatable bonds is 8. The summed E-state index contributed by atoms with van der Waals surface area (Å²) in [7, 11) is 0. The fourth-order valence-corrected chi connectivity index (χ4v) is 2.04. The van der Waals surface area contributed by atoms with E-state index in [0.717, 1.165) is 23.0 Å². The summed E-state index contributed by atoms with van der Waals surface area (Å²) < 4.78 is 0.947. The maximum absolute atomic E-state index is 11.3. The molecule has 0 saturated carbocycles. The van der Waals surface area contributed by atoms with Gasteiger partial charge in [-0.2, -0.15) is 0 Å². The SMILES string of the molecule is CCCNC(=O)CCNCC(O)c1cccc(Br)c1. The lowest BCUT2D eigenvalue weighted by atomic mass is 10.1. The lowest BCUT2D eigenvalue weighted by Crippen LogP contribution is -2.29. The third-order valence-electron chi connectivity index (χ3n) is 2.67. The Morgan fingerprint density at radius 2 is 2.21 bits per heavy atom. The maximum Gasteiger partial charge on any atom is 0.221 e. The van der Waals surface area contributed by atoms with Gasteiger partial charge in [-0.1, -0.05) is 35.0 Å². The first kappa shape index (κ1) is 16.1. The average Bonchev–Trinajstić information content (AvgIpc) is 2.41. The number of hydrogen-bond donors (Lipinski definition) is 3. The number of carbonyl (C=O) groups excluding carboxylic acids is 1. The number of nitrogens with one attached hydrogen (secondary N) is 2. The van der Waals surface area contributed by atoms with Crippen molar-refractivity contribution in [2.45, 2.75) is 25.9 Å². The molecule has 0 saturated heterocycles. The molecular formula is C14H21BrN2O2. The molecule has 1 aromatic rings. The van der Waals surface area contributed by atoms with Crippen LogP contribution in [0.5, 0.6) is 0 Å². The largest absolute Gasteiger partial charge is 0.387 e. The molecule has 1 atom stereocenters. The predicted molar refractivity (Wildman–Crippen MR) is 79.9 cm³/mol. The molecule has 0 radical (unpaired) electrons. The van der Waals surface area contributed by atoms with Crippen LogP contribution in [0, 0.1) is 0 Å². The summed E-state index contributed by atoms with van der Waals surface area (Å²) in [6.07, 6.45) is 0.822. The maximum atomic E-state index is 11.3. The van der Waals surface area contributed by atoms with Crippen LogP contribution in [0.4, 0.5) is 0 Å². The van der Waals surface area contributed by atoms with Crippen LogP contribution in [0.3, 0.4) is 0 Å². The summed E-state index contributed by atoms with van der Waals surface area (Å²) in [5.74, 6) is 0.0475. The average molecular weight is 329 g/mol. The molecule has 1 rings (SSSR count). The van der Waals surface area contributed by atoms with E-state index in [1.54, 1.807) is 0 Å². The van der Waals surface area contributed by atoms with Crippen molar-refractivity contribution >= 4 is 21.8 Å². The molecule has 0 spiro atoms. The molecular weight excluding hydrogens is 308 g/mol. The van der Waals surface area contributed by atoms with Gasteiger partial charge < -0.3 is 15.7 Å². The molecule has 1 aromatic carbocycles. The van der Waals surface area contributed by atoms with Gasteiger partial charge in [0, 0.05) is 30.5 Å². The monoisotopic (exact) mass is 328 g/mol. The fraction of sp³-hybridized carbons (Fsp3) is 0.500. The quantitative estimate of drug-likeness (QED) is 0.639. The van der Waals surface area contributed by atoms with Crippen LogP contribution in [-0.2, 0) is 4.79 Å². The molecule has 3 N–H and O–H groups in total. The van der Waals surface area contributed by atoms with Gasteiger partial charge in [-0.15, -0.1) is 0 Å². The van der Waals surface area contributed by atoms with E-state index in [9.17, 15) is 9.90 Å². The van der Waals surface area contributed by atoms with Crippen LogP contribution in [0.1, 0.15) is 31.4 Å². The molecule has 0 heterocycles. The molecule has 19 heavy (non-hydrogen) atoms. The van der Waals surface area contributed by atoms with Crippen LogP contribution in [0.15, 0.2) is 28.7 Å². The summed E-state index contributed by atoms with van der Waals surface area (Å²) in [5.41, 5.74) is 0.859. The van der Waals surface area contributed by atoms with Gasteiger partial charge in [0.05, 0.1) is 6.10 Å². The van der Waals surface area contributed by atoms with Crippen LogP contribution >= 0.6 is 15.9 Å². The van der Waals surface area contributed by atoms with E-state index < -0.39 is 6.10 Å². The van der Waals surface area contributed by atoms with Crippen molar-refractivity contribution in [3.05, 3.63) is 34.3 Å². The number of aliphatic hydroxyl groups is 1. The molecule has 1 amide bonds. The van der Waals surface area contributed by atoms with E-state index in [1.165, 1.54) is 0 Å². The zero-order valence-electron chi connectivity index (χ0n) is 11.2. The van der Waals surface area contributed by atoms with Crippen LogP contribution < -0.4 is 10.6 Å². The van der Waals surface area contributed by atoms with Gasteiger partial charge in [-0.3, -0.25) is 4.79 Å². The van der Waals surface area contributed by atoms with Crippen molar-refractivity contribution in [1.82, 2.24) is 10.6 Å². The molecule has 0 aliphatic heterocycles. The minimum atomic E-state index is -0.559. The van der Waals surface area contributed by atoms with Crippen molar-refractivity contribution in [3.63, 3.8) is 0 Å². The van der Waals surface area contributed by atoms with Crippen molar-refractivity contribution in [3.8, 4) is 0 Å². The highest BCUT2D eigenvalue weighted by Crippen LogP contribution is 2.17. The number of amides is 1. The Bertz CT molecular complexity index is 399. The van der Waals surface area contributed by atoms with Crippen LogP contribution in [0.2, 0.25) is 0 Å². The highest BCUT2D eigenvalue weighted by molar-refractivity contribution is 9.10. The topological polar surface area (TPSA) is 61.4 Å². The van der Waals surface area contributed by atoms with Gasteiger partial charge in [0.1, 0.15) is 0 Å². The van der Waals surface area contributed by atoms with Gasteiger partial charge in [0.2, 0.25) is 5.91 Å². The second-order valence-electron chi connectivity index (χ2n) is 4.37. The molecule has 0 aliphatic rings. The Labute approximate surface area is 122 Å². The second-order valence-corrected chi connectivity index (χ2v) is 5.29. The first-order chi connectivity index (χ1) is 9.13. The molecule has 4 nitrogen and oxygen atoms in total. The van der Waals surface area contributed by atoms with Gasteiger partial charge in [-0.25, -0.2) is 0 Å². The Balaban J connectivity index is 2.20. The predicted octanol–water partition coefficient (Wildman–Crippen LogP) is 1.99. The van der Waals surface area contributed by atoms with E-state index in [1.807, 2.05) is 31.2 Å². The minimum absolute atomic E-state index is 0.0475. The zero-order chi connectivity index (χ0) is 14.1. The van der Waals surface area contributed by atoms with E-state index in [0.29, 0.717) is 19.5 Å². The molecule has 0 bridgehead atoms. The summed E-state index contributed by atoms with van der Waals surface area (Å²) in [5, 5.41) is 15.9. The standard InChI is InChI=1S/C14H21BrN2O2/c1-2-7-17-14(19)6-8-16-10-13(18)11-4-3-5-12(15)9-11/h3-5,9,13,16,18H,2,6-8,10H2,1H3,(H,17,19). The van der Waals surface area contributed by atoms with Crippen molar-refractivity contribution in [2.24, 2.45) is 0 Å². The summed E-state index contributed by atoms with van der Waals surface area (Å²) in [6, 6.07) is 7.58. The Morgan fingerprint density at radius 3 is 2.89 bits per heavy atom. The van der Waals surface area contributed by atoms with Crippen molar-refractivity contribution in [2.75, 3.05) is 19.6 Å². The molecule has 0 fully saturated rings. The molecule has 106 valence electrons. The van der Waals surface area contributed by atoms with Gasteiger partial charge in [0.15, 0.2) is 0 Å². The lowest BCUT2D eigenvalue weighted by Gasteiger charge is -2.12. The Hall–Kier alpha value is -0.910. The normalized spacial score (nSPS) is 12.2. The Morgan fingerprint density at radius 1 is 1.42 bits per heavy atom. The number of aliphatic hydroxyl groups excluding tert-OH is 1. The highest BCUT2D eigenvalue weighted by atomic mass is 79.9. The minimum Gasteiger partial charge on any atom is -0.387 e. The van der Waals surface area contributed by atoms with Gasteiger partial charge in [-0.05, 0) is 24.1 Å². The number of hydrogen-bond acceptors (Lipinski definition) is 3. The first-order valence-corrected chi connectivity index (χ1v) is 7.33. The summed E-state index contributed by atoms with van der Waals surface area (Å²) >= 11 is 3.37.